The number of anilines is 1. The topological polar surface area (TPSA) is 136 Å². The molecular weight excluding hydrogens is 498 g/mol. The number of hydrogen-bond acceptors (Lipinski definition) is 8. The van der Waals surface area contributed by atoms with Crippen molar-refractivity contribution in [2.45, 2.75) is 53.4 Å². The number of fused-ring (bicyclic) bond motifs is 2. The molecule has 11 heteroatoms. The second-order valence-electron chi connectivity index (χ2n) is 10.3. The molecule has 37 heavy (non-hydrogen) atoms. The van der Waals surface area contributed by atoms with Gasteiger partial charge in [-0.2, -0.15) is 0 Å². The van der Waals surface area contributed by atoms with Gasteiger partial charge in [-0.1, -0.05) is 26.8 Å². The molecule has 1 aromatic carbocycles. The number of ether oxygens (including phenoxy) is 1. The van der Waals surface area contributed by atoms with Crippen molar-refractivity contribution in [2.24, 2.45) is 11.3 Å². The zero-order valence-corrected chi connectivity index (χ0v) is 22.0. The fourth-order valence-corrected chi connectivity index (χ4v) is 6.24. The highest BCUT2D eigenvalue weighted by Gasteiger charge is 2.41. The monoisotopic (exact) mass is 527 g/mol. The Balaban J connectivity index is 1.51. The van der Waals surface area contributed by atoms with Crippen LogP contribution in [0.1, 0.15) is 82.1 Å². The molecule has 196 valence electrons. The van der Waals surface area contributed by atoms with Crippen LogP contribution in [-0.4, -0.2) is 46.7 Å². The number of thiophene rings is 1. The predicted molar refractivity (Wildman–Crippen MR) is 137 cm³/mol. The molecule has 1 aromatic heterocycles. The Labute approximate surface area is 218 Å². The van der Waals surface area contributed by atoms with E-state index in [9.17, 15) is 29.3 Å². The number of esters is 1. The number of carbonyl (C=O) groups is 4. The molecule has 0 spiro atoms. The number of nitro benzene ring substituents is 1. The van der Waals surface area contributed by atoms with Crippen molar-refractivity contribution >= 4 is 45.7 Å². The number of nitrogens with one attached hydrogen (secondary N) is 1. The molecular formula is C26H29N3O7S. The largest absolute Gasteiger partial charge is 0.462 e. The Bertz CT molecular complexity index is 1310. The van der Waals surface area contributed by atoms with Crippen molar-refractivity contribution in [3.05, 3.63) is 55.4 Å². The van der Waals surface area contributed by atoms with Gasteiger partial charge in [0.2, 0.25) is 5.91 Å². The molecule has 1 unspecified atom stereocenters. The van der Waals surface area contributed by atoms with Crippen molar-refractivity contribution < 1.29 is 28.8 Å². The Morgan fingerprint density at radius 1 is 1.24 bits per heavy atom. The number of nitro groups is 1. The third-order valence-electron chi connectivity index (χ3n) is 6.96. The number of carbonyl (C=O) groups excluding carboxylic acids is 4. The second-order valence-corrected chi connectivity index (χ2v) is 11.4. The Kier molecular flexibility index (Phi) is 7.18. The van der Waals surface area contributed by atoms with Crippen LogP contribution in [0.5, 0.6) is 0 Å². The van der Waals surface area contributed by atoms with E-state index in [-0.39, 0.29) is 36.1 Å². The summed E-state index contributed by atoms with van der Waals surface area (Å²) in [5, 5.41) is 14.5. The van der Waals surface area contributed by atoms with Crippen LogP contribution in [0.3, 0.4) is 0 Å². The van der Waals surface area contributed by atoms with E-state index in [2.05, 4.69) is 26.1 Å². The molecule has 0 bridgehead atoms. The highest BCUT2D eigenvalue weighted by Crippen LogP contribution is 2.44. The number of imide groups is 1. The lowest BCUT2D eigenvalue weighted by atomic mass is 9.72. The molecule has 2 aromatic rings. The first-order valence-corrected chi connectivity index (χ1v) is 13.0. The molecule has 0 radical (unpaired) electrons. The van der Waals surface area contributed by atoms with Gasteiger partial charge in [0.25, 0.3) is 17.5 Å². The summed E-state index contributed by atoms with van der Waals surface area (Å²) in [4.78, 5) is 63.7. The lowest BCUT2D eigenvalue weighted by molar-refractivity contribution is -0.385. The molecule has 4 rings (SSSR count). The maximum Gasteiger partial charge on any atom is 0.341 e. The van der Waals surface area contributed by atoms with Crippen LogP contribution in [0.25, 0.3) is 0 Å². The molecule has 1 aliphatic carbocycles. The third kappa shape index (κ3) is 5.00. The van der Waals surface area contributed by atoms with Gasteiger partial charge in [0.05, 0.1) is 22.7 Å². The third-order valence-corrected chi connectivity index (χ3v) is 8.13. The van der Waals surface area contributed by atoms with Gasteiger partial charge in [0.1, 0.15) is 10.6 Å². The van der Waals surface area contributed by atoms with Gasteiger partial charge < -0.3 is 10.1 Å². The summed E-state index contributed by atoms with van der Waals surface area (Å²) >= 11 is 1.36. The molecule has 2 heterocycles. The van der Waals surface area contributed by atoms with E-state index in [4.69, 9.17) is 4.74 Å². The smallest absolute Gasteiger partial charge is 0.341 e. The highest BCUT2D eigenvalue weighted by molar-refractivity contribution is 7.17. The van der Waals surface area contributed by atoms with Crippen molar-refractivity contribution in [3.8, 4) is 0 Å². The quantitative estimate of drug-likeness (QED) is 0.240. The van der Waals surface area contributed by atoms with Crippen LogP contribution in [0.2, 0.25) is 0 Å². The minimum absolute atomic E-state index is 0.0523. The maximum atomic E-state index is 12.9. The van der Waals surface area contributed by atoms with Gasteiger partial charge in [-0.25, -0.2) is 4.79 Å². The van der Waals surface area contributed by atoms with Crippen molar-refractivity contribution in [3.63, 3.8) is 0 Å². The maximum absolute atomic E-state index is 12.9. The number of amides is 3. The van der Waals surface area contributed by atoms with Crippen LogP contribution in [0.4, 0.5) is 10.7 Å². The van der Waals surface area contributed by atoms with E-state index >= 15 is 0 Å². The Morgan fingerprint density at radius 2 is 1.97 bits per heavy atom. The number of nitrogens with zero attached hydrogens (tertiary/aromatic N) is 2. The number of rotatable bonds is 7. The standard InChI is InChI=1S/C26H29N3O7S/c1-5-36-25(33)21-15-10-9-14(26(2,3)4)13-18(15)37-22(21)27-19(30)11-12-28-23(31)16-7-6-8-17(29(34)35)20(16)24(28)32/h6-8,14H,5,9-13H2,1-4H3,(H,27,30). The lowest BCUT2D eigenvalue weighted by Gasteiger charge is -2.33. The molecule has 1 atom stereocenters. The number of benzene rings is 1. The summed E-state index contributed by atoms with van der Waals surface area (Å²) in [6, 6.07) is 3.87. The van der Waals surface area contributed by atoms with Crippen molar-refractivity contribution in [2.75, 3.05) is 18.5 Å². The van der Waals surface area contributed by atoms with E-state index in [0.717, 1.165) is 28.2 Å². The second kappa shape index (κ2) is 10.0. The molecule has 2 aliphatic rings. The average molecular weight is 528 g/mol. The summed E-state index contributed by atoms with van der Waals surface area (Å²) in [6.07, 6.45) is 2.22. The van der Waals surface area contributed by atoms with Crippen LogP contribution in [0, 0.1) is 21.4 Å². The summed E-state index contributed by atoms with van der Waals surface area (Å²) < 4.78 is 5.27. The van der Waals surface area contributed by atoms with Gasteiger partial charge in [0, 0.05) is 23.9 Å². The van der Waals surface area contributed by atoms with E-state index in [1.165, 1.54) is 29.5 Å². The minimum atomic E-state index is -0.799. The molecule has 3 amide bonds. The summed E-state index contributed by atoms with van der Waals surface area (Å²) in [7, 11) is 0. The average Bonchev–Trinajstić information content (AvgIpc) is 3.31. The van der Waals surface area contributed by atoms with Gasteiger partial charge in [-0.05, 0) is 49.1 Å². The zero-order chi connectivity index (χ0) is 27.1. The van der Waals surface area contributed by atoms with Gasteiger partial charge in [-0.15, -0.1) is 11.3 Å². The van der Waals surface area contributed by atoms with Crippen LogP contribution in [-0.2, 0) is 22.4 Å². The first-order valence-electron chi connectivity index (χ1n) is 12.2. The fraction of sp³-hybridized carbons (Fsp3) is 0.462. The van der Waals surface area contributed by atoms with Crippen LogP contribution >= 0.6 is 11.3 Å². The molecule has 10 nitrogen and oxygen atoms in total. The van der Waals surface area contributed by atoms with E-state index in [0.29, 0.717) is 22.9 Å². The van der Waals surface area contributed by atoms with Crippen molar-refractivity contribution in [1.29, 1.82) is 0 Å². The first kappa shape index (κ1) is 26.5. The predicted octanol–water partition coefficient (Wildman–Crippen LogP) is 4.61. The van der Waals surface area contributed by atoms with Crippen LogP contribution in [0.15, 0.2) is 18.2 Å². The zero-order valence-electron chi connectivity index (χ0n) is 21.2. The van der Waals surface area contributed by atoms with E-state index in [1.54, 1.807) is 6.92 Å². The fourth-order valence-electron chi connectivity index (χ4n) is 4.91. The van der Waals surface area contributed by atoms with E-state index < -0.39 is 34.3 Å². The first-order chi connectivity index (χ1) is 17.4. The summed E-state index contributed by atoms with van der Waals surface area (Å²) in [5.74, 6) is -2.01. The molecule has 0 saturated heterocycles. The number of hydrogen-bond donors (Lipinski definition) is 1. The van der Waals surface area contributed by atoms with Gasteiger partial charge in [0.15, 0.2) is 0 Å². The van der Waals surface area contributed by atoms with Gasteiger partial charge in [-0.3, -0.25) is 29.4 Å². The molecule has 0 fully saturated rings. The molecule has 0 saturated carbocycles. The Morgan fingerprint density at radius 3 is 2.62 bits per heavy atom. The highest BCUT2D eigenvalue weighted by atomic mass is 32.1. The Hall–Kier alpha value is -3.60. The molecule has 1 N–H and O–H groups in total. The van der Waals surface area contributed by atoms with Gasteiger partial charge >= 0.3 is 5.97 Å². The summed E-state index contributed by atoms with van der Waals surface area (Å²) in [5.41, 5.74) is 0.632. The lowest BCUT2D eigenvalue weighted by Crippen LogP contribution is -2.33. The summed E-state index contributed by atoms with van der Waals surface area (Å²) in [6.45, 7) is 8.25. The molecule has 1 aliphatic heterocycles. The normalized spacial score (nSPS) is 16.9. The van der Waals surface area contributed by atoms with E-state index in [1.807, 2.05) is 0 Å². The minimum Gasteiger partial charge on any atom is -0.462 e. The SMILES string of the molecule is CCOC(=O)c1c(NC(=O)CCN2C(=O)c3cccc([N+](=O)[O-])c3C2=O)sc2c1CCC(C(C)(C)C)C2. The van der Waals surface area contributed by atoms with Crippen molar-refractivity contribution in [1.82, 2.24) is 4.90 Å². The van der Waals surface area contributed by atoms with Crippen LogP contribution < -0.4 is 5.32 Å².